The second kappa shape index (κ2) is 9.02. The minimum atomic E-state index is 0.231. The van der Waals surface area contributed by atoms with Gasteiger partial charge in [0.05, 0.1) is 6.54 Å². The number of nitrogens with one attached hydrogen (secondary N) is 1. The van der Waals surface area contributed by atoms with E-state index in [1.165, 1.54) is 25.7 Å². The molecular formula is C20H27ClN4OS. The molecule has 1 aliphatic carbocycles. The second-order valence-electron chi connectivity index (χ2n) is 7.55. The van der Waals surface area contributed by atoms with Gasteiger partial charge in [-0.05, 0) is 69.1 Å². The highest BCUT2D eigenvalue weighted by atomic mass is 35.5. The van der Waals surface area contributed by atoms with Crippen molar-refractivity contribution in [1.29, 1.82) is 0 Å². The van der Waals surface area contributed by atoms with Crippen LogP contribution in [-0.2, 0) is 6.54 Å². The third-order valence-corrected chi connectivity index (χ3v) is 5.77. The SMILES string of the molecule is CC(C)N(Cc1nnc(-c2ccc(Cl)cc2)o1)C(=S)N[C@H]1CCCC[C@@H]1C. The first-order chi connectivity index (χ1) is 12.9. The molecule has 7 heteroatoms. The van der Waals surface area contributed by atoms with E-state index in [-0.39, 0.29) is 6.04 Å². The molecule has 146 valence electrons. The molecule has 27 heavy (non-hydrogen) atoms. The highest BCUT2D eigenvalue weighted by Crippen LogP contribution is 2.25. The third kappa shape index (κ3) is 5.20. The van der Waals surface area contributed by atoms with Gasteiger partial charge in [0.2, 0.25) is 11.8 Å². The Morgan fingerprint density at radius 2 is 1.96 bits per heavy atom. The molecule has 0 saturated heterocycles. The van der Waals surface area contributed by atoms with Gasteiger partial charge in [-0.25, -0.2) is 0 Å². The van der Waals surface area contributed by atoms with Crippen LogP contribution >= 0.6 is 23.8 Å². The minimum absolute atomic E-state index is 0.231. The van der Waals surface area contributed by atoms with Gasteiger partial charge < -0.3 is 14.6 Å². The van der Waals surface area contributed by atoms with Gasteiger partial charge in [-0.3, -0.25) is 0 Å². The molecule has 1 heterocycles. The Morgan fingerprint density at radius 1 is 1.26 bits per heavy atom. The van der Waals surface area contributed by atoms with Crippen molar-refractivity contribution in [3.8, 4) is 11.5 Å². The van der Waals surface area contributed by atoms with Gasteiger partial charge in [0.25, 0.3) is 0 Å². The Morgan fingerprint density at radius 3 is 2.63 bits per heavy atom. The van der Waals surface area contributed by atoms with Crippen molar-refractivity contribution in [2.75, 3.05) is 0 Å². The van der Waals surface area contributed by atoms with Gasteiger partial charge in [-0.1, -0.05) is 31.4 Å². The van der Waals surface area contributed by atoms with Gasteiger partial charge in [0.15, 0.2) is 5.11 Å². The zero-order valence-electron chi connectivity index (χ0n) is 16.1. The summed E-state index contributed by atoms with van der Waals surface area (Å²) in [6, 6.07) is 8.04. The Hall–Kier alpha value is -1.66. The number of aromatic nitrogens is 2. The first-order valence-electron chi connectivity index (χ1n) is 9.59. The summed E-state index contributed by atoms with van der Waals surface area (Å²) in [5, 5.41) is 13.4. The molecule has 0 aliphatic heterocycles. The number of hydrogen-bond donors (Lipinski definition) is 1. The lowest BCUT2D eigenvalue weighted by Gasteiger charge is -2.35. The van der Waals surface area contributed by atoms with Crippen molar-refractivity contribution in [2.24, 2.45) is 5.92 Å². The van der Waals surface area contributed by atoms with E-state index in [1.807, 2.05) is 24.3 Å². The third-order valence-electron chi connectivity index (χ3n) is 5.17. The smallest absolute Gasteiger partial charge is 0.247 e. The Bertz CT molecular complexity index is 762. The van der Waals surface area contributed by atoms with Crippen LogP contribution in [0.4, 0.5) is 0 Å². The van der Waals surface area contributed by atoms with E-state index in [2.05, 4.69) is 41.2 Å². The molecule has 0 unspecified atom stereocenters. The Kier molecular flexibility index (Phi) is 6.71. The van der Waals surface area contributed by atoms with Gasteiger partial charge in [-0.15, -0.1) is 10.2 Å². The summed E-state index contributed by atoms with van der Waals surface area (Å²) < 4.78 is 5.86. The molecule has 1 fully saturated rings. The molecule has 1 N–H and O–H groups in total. The van der Waals surface area contributed by atoms with E-state index in [0.717, 1.165) is 10.7 Å². The summed E-state index contributed by atoms with van der Waals surface area (Å²) >= 11 is 11.6. The highest BCUT2D eigenvalue weighted by Gasteiger charge is 2.25. The molecule has 1 aliphatic rings. The van der Waals surface area contributed by atoms with Crippen LogP contribution in [0.2, 0.25) is 5.02 Å². The second-order valence-corrected chi connectivity index (χ2v) is 8.37. The molecule has 1 aromatic heterocycles. The van der Waals surface area contributed by atoms with Gasteiger partial charge in [-0.2, -0.15) is 0 Å². The van der Waals surface area contributed by atoms with E-state index in [4.69, 9.17) is 28.2 Å². The summed E-state index contributed by atoms with van der Waals surface area (Å²) in [4.78, 5) is 2.11. The summed E-state index contributed by atoms with van der Waals surface area (Å²) in [5.74, 6) is 1.69. The van der Waals surface area contributed by atoms with Crippen LogP contribution in [0.1, 0.15) is 52.3 Å². The Balaban J connectivity index is 1.67. The van der Waals surface area contributed by atoms with Crippen LogP contribution in [0, 0.1) is 5.92 Å². The van der Waals surface area contributed by atoms with E-state index in [1.54, 1.807) is 0 Å². The van der Waals surface area contributed by atoms with Crippen LogP contribution in [-0.4, -0.2) is 32.3 Å². The molecule has 5 nitrogen and oxygen atoms in total. The molecule has 1 saturated carbocycles. The maximum Gasteiger partial charge on any atom is 0.247 e. The lowest BCUT2D eigenvalue weighted by Crippen LogP contribution is -2.49. The summed E-state index contributed by atoms with van der Waals surface area (Å²) in [5.41, 5.74) is 0.853. The van der Waals surface area contributed by atoms with Crippen molar-refractivity contribution in [2.45, 2.75) is 65.1 Å². The number of halogens is 1. The number of thiocarbonyl (C=S) groups is 1. The van der Waals surface area contributed by atoms with Gasteiger partial charge >= 0.3 is 0 Å². The van der Waals surface area contributed by atoms with Crippen LogP contribution in [0.25, 0.3) is 11.5 Å². The summed E-state index contributed by atoms with van der Waals surface area (Å²) in [7, 11) is 0. The largest absolute Gasteiger partial charge is 0.419 e. The zero-order valence-corrected chi connectivity index (χ0v) is 17.7. The van der Waals surface area contributed by atoms with Gasteiger partial charge in [0, 0.05) is 22.7 Å². The summed E-state index contributed by atoms with van der Waals surface area (Å²) in [6.07, 6.45) is 5.01. The monoisotopic (exact) mass is 406 g/mol. The fourth-order valence-electron chi connectivity index (χ4n) is 3.43. The van der Waals surface area contributed by atoms with Crippen molar-refractivity contribution in [1.82, 2.24) is 20.4 Å². The molecule has 2 aromatic rings. The van der Waals surface area contributed by atoms with Crippen LogP contribution in [0.5, 0.6) is 0 Å². The number of benzene rings is 1. The quantitative estimate of drug-likeness (QED) is 0.701. The van der Waals surface area contributed by atoms with Crippen molar-refractivity contribution < 1.29 is 4.42 Å². The number of rotatable bonds is 5. The van der Waals surface area contributed by atoms with Crippen molar-refractivity contribution in [3.63, 3.8) is 0 Å². The van der Waals surface area contributed by atoms with E-state index in [0.29, 0.717) is 35.3 Å². The van der Waals surface area contributed by atoms with Crippen LogP contribution in [0.15, 0.2) is 28.7 Å². The zero-order chi connectivity index (χ0) is 19.4. The normalized spacial score (nSPS) is 19.9. The maximum absolute atomic E-state index is 5.94. The van der Waals surface area contributed by atoms with Crippen molar-refractivity contribution in [3.05, 3.63) is 35.2 Å². The molecule has 0 bridgehead atoms. The molecule has 3 rings (SSSR count). The predicted molar refractivity (Wildman–Crippen MR) is 113 cm³/mol. The lowest BCUT2D eigenvalue weighted by molar-refractivity contribution is 0.270. The average Bonchev–Trinajstić information content (AvgIpc) is 3.10. The number of nitrogens with zero attached hydrogens (tertiary/aromatic N) is 3. The van der Waals surface area contributed by atoms with E-state index >= 15 is 0 Å². The minimum Gasteiger partial charge on any atom is -0.419 e. The van der Waals surface area contributed by atoms with E-state index in [9.17, 15) is 0 Å². The molecule has 1 aromatic carbocycles. The van der Waals surface area contributed by atoms with Crippen LogP contribution < -0.4 is 5.32 Å². The van der Waals surface area contributed by atoms with Crippen LogP contribution in [0.3, 0.4) is 0 Å². The fraction of sp³-hybridized carbons (Fsp3) is 0.550. The van der Waals surface area contributed by atoms with E-state index < -0.39 is 0 Å². The predicted octanol–water partition coefficient (Wildman–Crippen LogP) is 5.05. The molecule has 0 radical (unpaired) electrons. The lowest BCUT2D eigenvalue weighted by atomic mass is 9.86. The first kappa shape index (κ1) is 20.1. The van der Waals surface area contributed by atoms with Gasteiger partial charge in [0.1, 0.15) is 0 Å². The molecule has 0 amide bonds. The standard InChI is InChI=1S/C20H27ClN4OS/c1-13(2)25(20(27)22-17-7-5-4-6-14(17)3)12-18-23-24-19(26-18)15-8-10-16(21)11-9-15/h8-11,13-14,17H,4-7,12H2,1-3H3,(H,22,27)/t14-,17-/m0/s1. The summed E-state index contributed by atoms with van der Waals surface area (Å²) in [6.45, 7) is 7.03. The first-order valence-corrected chi connectivity index (χ1v) is 10.4. The molecule has 0 spiro atoms. The highest BCUT2D eigenvalue weighted by molar-refractivity contribution is 7.80. The maximum atomic E-state index is 5.94. The molecular weight excluding hydrogens is 380 g/mol. The topological polar surface area (TPSA) is 54.2 Å². The molecule has 2 atom stereocenters. The average molecular weight is 407 g/mol. The number of hydrogen-bond acceptors (Lipinski definition) is 4. The fourth-order valence-corrected chi connectivity index (χ4v) is 3.99. The Labute approximate surface area is 171 Å². The van der Waals surface area contributed by atoms with Crippen molar-refractivity contribution >= 4 is 28.9 Å².